The van der Waals surface area contributed by atoms with Crippen molar-refractivity contribution in [3.8, 4) is 5.69 Å². The van der Waals surface area contributed by atoms with Crippen molar-refractivity contribution in [3.63, 3.8) is 0 Å². The van der Waals surface area contributed by atoms with Crippen LogP contribution in [0, 0.1) is 13.8 Å². The first-order chi connectivity index (χ1) is 11.6. The van der Waals surface area contributed by atoms with Gasteiger partial charge in [-0.1, -0.05) is 29.5 Å². The standard InChI is InChI=1S/C17H23N5OS/c1-12-7-8-15(13(2)11-12)22-17(18-19-20-22)24-14(3)16(23)21-9-5-4-6-10-21/h7-8,11,14H,4-6,9-10H2,1-3H3. The average Bonchev–Trinajstić information content (AvgIpc) is 3.03. The quantitative estimate of drug-likeness (QED) is 0.797. The monoisotopic (exact) mass is 345 g/mol. The molecule has 2 aromatic rings. The second kappa shape index (κ2) is 7.34. The molecule has 0 spiro atoms. The number of tetrazole rings is 1. The van der Waals surface area contributed by atoms with E-state index in [4.69, 9.17) is 0 Å². The van der Waals surface area contributed by atoms with Crippen molar-refractivity contribution in [2.24, 2.45) is 0 Å². The van der Waals surface area contributed by atoms with Crippen LogP contribution in [0.15, 0.2) is 23.4 Å². The van der Waals surface area contributed by atoms with Gasteiger partial charge in [-0.3, -0.25) is 4.79 Å². The number of benzene rings is 1. The van der Waals surface area contributed by atoms with Crippen LogP contribution >= 0.6 is 11.8 Å². The molecule has 2 heterocycles. The highest BCUT2D eigenvalue weighted by Crippen LogP contribution is 2.26. The number of amides is 1. The number of rotatable bonds is 4. The third-order valence-corrected chi connectivity index (χ3v) is 5.34. The van der Waals surface area contributed by atoms with E-state index in [0.29, 0.717) is 5.16 Å². The van der Waals surface area contributed by atoms with Crippen LogP contribution in [0.4, 0.5) is 0 Å². The topological polar surface area (TPSA) is 63.9 Å². The molecule has 1 aromatic carbocycles. The molecule has 1 aliphatic rings. The molecule has 0 N–H and O–H groups in total. The van der Waals surface area contributed by atoms with Gasteiger partial charge in [-0.2, -0.15) is 4.68 Å². The number of aryl methyl sites for hydroxylation is 2. The van der Waals surface area contributed by atoms with Gasteiger partial charge < -0.3 is 4.90 Å². The lowest BCUT2D eigenvalue weighted by atomic mass is 10.1. The van der Waals surface area contributed by atoms with Crippen LogP contribution in [0.5, 0.6) is 0 Å². The van der Waals surface area contributed by atoms with Crippen LogP contribution < -0.4 is 0 Å². The maximum Gasteiger partial charge on any atom is 0.235 e. The van der Waals surface area contributed by atoms with Crippen LogP contribution in [-0.4, -0.2) is 49.4 Å². The second-order valence-electron chi connectivity index (χ2n) is 6.31. The maximum absolute atomic E-state index is 12.6. The fraction of sp³-hybridized carbons (Fsp3) is 0.529. The molecule has 1 unspecified atom stereocenters. The van der Waals surface area contributed by atoms with E-state index >= 15 is 0 Å². The van der Waals surface area contributed by atoms with Gasteiger partial charge >= 0.3 is 0 Å². The molecule has 1 amide bonds. The summed E-state index contributed by atoms with van der Waals surface area (Å²) in [6.07, 6.45) is 3.42. The van der Waals surface area contributed by atoms with Gasteiger partial charge in [-0.15, -0.1) is 5.10 Å². The Morgan fingerprint density at radius 3 is 2.67 bits per heavy atom. The summed E-state index contributed by atoms with van der Waals surface area (Å²) in [5.74, 6) is 0.176. The number of carbonyl (C=O) groups excluding carboxylic acids is 1. The van der Waals surface area contributed by atoms with Crippen molar-refractivity contribution < 1.29 is 4.79 Å². The molecule has 0 aliphatic carbocycles. The molecular weight excluding hydrogens is 322 g/mol. The Bertz CT molecular complexity index is 724. The van der Waals surface area contributed by atoms with Gasteiger partial charge in [0.25, 0.3) is 0 Å². The fourth-order valence-corrected chi connectivity index (χ4v) is 3.91. The number of nitrogens with zero attached hydrogens (tertiary/aromatic N) is 5. The lowest BCUT2D eigenvalue weighted by Gasteiger charge is -2.28. The highest BCUT2D eigenvalue weighted by Gasteiger charge is 2.25. The third kappa shape index (κ3) is 3.61. The van der Waals surface area contributed by atoms with Gasteiger partial charge in [0, 0.05) is 13.1 Å². The van der Waals surface area contributed by atoms with Gasteiger partial charge in [0.15, 0.2) is 0 Å². The summed E-state index contributed by atoms with van der Waals surface area (Å²) in [5, 5.41) is 12.5. The van der Waals surface area contributed by atoms with Gasteiger partial charge in [0.1, 0.15) is 0 Å². The molecule has 3 rings (SSSR count). The maximum atomic E-state index is 12.6. The molecule has 1 fully saturated rings. The summed E-state index contributed by atoms with van der Waals surface area (Å²) in [4.78, 5) is 14.6. The Kier molecular flexibility index (Phi) is 5.18. The number of thioether (sulfide) groups is 1. The number of piperidine rings is 1. The van der Waals surface area contributed by atoms with E-state index in [1.807, 2.05) is 30.9 Å². The van der Waals surface area contributed by atoms with E-state index in [9.17, 15) is 4.79 Å². The Balaban J connectivity index is 1.76. The molecular formula is C17H23N5OS. The predicted octanol–water partition coefficient (Wildman–Crippen LogP) is 2.77. The van der Waals surface area contributed by atoms with Gasteiger partial charge in [0.2, 0.25) is 11.1 Å². The number of hydrogen-bond acceptors (Lipinski definition) is 5. The molecule has 7 heteroatoms. The zero-order valence-corrected chi connectivity index (χ0v) is 15.2. The van der Waals surface area contributed by atoms with Crippen molar-refractivity contribution in [2.45, 2.75) is 50.4 Å². The Hall–Kier alpha value is -1.89. The lowest BCUT2D eigenvalue weighted by Crippen LogP contribution is -2.40. The van der Waals surface area contributed by atoms with Gasteiger partial charge in [-0.25, -0.2) is 0 Å². The molecule has 1 aliphatic heterocycles. The number of likely N-dealkylation sites (tertiary alicyclic amines) is 1. The average molecular weight is 345 g/mol. The second-order valence-corrected chi connectivity index (χ2v) is 7.62. The molecule has 0 radical (unpaired) electrons. The summed E-state index contributed by atoms with van der Waals surface area (Å²) >= 11 is 1.42. The molecule has 24 heavy (non-hydrogen) atoms. The van der Waals surface area contributed by atoms with Crippen LogP contribution in [0.2, 0.25) is 0 Å². The SMILES string of the molecule is Cc1ccc(-n2nnnc2SC(C)C(=O)N2CCCCC2)c(C)c1. The summed E-state index contributed by atoms with van der Waals surface area (Å²) in [7, 11) is 0. The minimum absolute atomic E-state index is 0.176. The smallest absolute Gasteiger partial charge is 0.235 e. The van der Waals surface area contributed by atoms with E-state index in [1.165, 1.54) is 23.7 Å². The zero-order chi connectivity index (χ0) is 17.1. The molecule has 128 valence electrons. The van der Waals surface area contributed by atoms with E-state index in [0.717, 1.165) is 37.2 Å². The first-order valence-electron chi connectivity index (χ1n) is 8.37. The van der Waals surface area contributed by atoms with Crippen molar-refractivity contribution in [3.05, 3.63) is 29.3 Å². The van der Waals surface area contributed by atoms with Crippen LogP contribution in [-0.2, 0) is 4.79 Å². The zero-order valence-electron chi connectivity index (χ0n) is 14.4. The number of carbonyl (C=O) groups is 1. The van der Waals surface area contributed by atoms with Gasteiger partial charge in [0.05, 0.1) is 10.9 Å². The summed E-state index contributed by atoms with van der Waals surface area (Å²) in [6, 6.07) is 6.16. The fourth-order valence-electron chi connectivity index (χ4n) is 3.03. The van der Waals surface area contributed by atoms with Crippen molar-refractivity contribution in [1.82, 2.24) is 25.1 Å². The Labute approximate surface area is 146 Å². The van der Waals surface area contributed by atoms with Crippen molar-refractivity contribution >= 4 is 17.7 Å². The van der Waals surface area contributed by atoms with E-state index in [2.05, 4.69) is 28.5 Å². The Morgan fingerprint density at radius 1 is 1.21 bits per heavy atom. The molecule has 0 saturated carbocycles. The third-order valence-electron chi connectivity index (χ3n) is 4.32. The van der Waals surface area contributed by atoms with E-state index in [-0.39, 0.29) is 11.2 Å². The summed E-state index contributed by atoms with van der Waals surface area (Å²) in [6.45, 7) is 7.77. The minimum Gasteiger partial charge on any atom is -0.342 e. The van der Waals surface area contributed by atoms with E-state index < -0.39 is 0 Å². The van der Waals surface area contributed by atoms with Gasteiger partial charge in [-0.05, 0) is 62.1 Å². The molecule has 0 bridgehead atoms. The molecule has 1 aromatic heterocycles. The highest BCUT2D eigenvalue weighted by atomic mass is 32.2. The lowest BCUT2D eigenvalue weighted by molar-refractivity contribution is -0.131. The van der Waals surface area contributed by atoms with Crippen LogP contribution in [0.1, 0.15) is 37.3 Å². The van der Waals surface area contributed by atoms with Crippen molar-refractivity contribution in [1.29, 1.82) is 0 Å². The Morgan fingerprint density at radius 2 is 1.96 bits per heavy atom. The molecule has 1 atom stereocenters. The first-order valence-corrected chi connectivity index (χ1v) is 9.25. The van der Waals surface area contributed by atoms with Crippen LogP contribution in [0.3, 0.4) is 0 Å². The summed E-state index contributed by atoms with van der Waals surface area (Å²) < 4.78 is 1.72. The van der Waals surface area contributed by atoms with Crippen LogP contribution in [0.25, 0.3) is 5.69 Å². The first kappa shape index (κ1) is 17.0. The summed E-state index contributed by atoms with van der Waals surface area (Å²) in [5.41, 5.74) is 3.26. The number of aromatic nitrogens is 4. The predicted molar refractivity (Wildman–Crippen MR) is 94.4 cm³/mol. The molecule has 6 nitrogen and oxygen atoms in total. The largest absolute Gasteiger partial charge is 0.342 e. The van der Waals surface area contributed by atoms with E-state index in [1.54, 1.807) is 4.68 Å². The minimum atomic E-state index is -0.196. The molecule has 1 saturated heterocycles. The van der Waals surface area contributed by atoms with Crippen molar-refractivity contribution in [2.75, 3.05) is 13.1 Å². The normalized spacial score (nSPS) is 16.2. The number of hydrogen-bond donors (Lipinski definition) is 0. The highest BCUT2D eigenvalue weighted by molar-refractivity contribution is 8.00.